The van der Waals surface area contributed by atoms with Crippen LogP contribution in [0.5, 0.6) is 0 Å². The monoisotopic (exact) mass is 308 g/mol. The van der Waals surface area contributed by atoms with Crippen LogP contribution in [0.2, 0.25) is 0 Å². The third-order valence-electron chi connectivity index (χ3n) is 4.38. The second kappa shape index (κ2) is 6.62. The van der Waals surface area contributed by atoms with E-state index in [2.05, 4.69) is 17.4 Å². The Morgan fingerprint density at radius 3 is 2.96 bits per heavy atom. The topological polar surface area (TPSA) is 52.9 Å². The Morgan fingerprint density at radius 2 is 2.13 bits per heavy atom. The van der Waals surface area contributed by atoms with E-state index < -0.39 is 11.7 Å². The maximum atomic E-state index is 13.7. The van der Waals surface area contributed by atoms with E-state index in [1.54, 1.807) is 0 Å². The van der Waals surface area contributed by atoms with Crippen molar-refractivity contribution in [2.75, 3.05) is 6.54 Å². The first-order valence-electron chi connectivity index (χ1n) is 7.74. The van der Waals surface area contributed by atoms with Gasteiger partial charge in [0.25, 0.3) is 5.91 Å². The molecule has 3 rings (SSSR count). The second-order valence-corrected chi connectivity index (χ2v) is 5.79. The number of hydrogen-bond donors (Lipinski definition) is 1. The molecule has 1 unspecified atom stereocenters. The number of carbonyl (C=O) groups excluding carboxylic acids is 1. The SMILES string of the molecule is N#Cc1ccc(F)c(C(=O)NCCC2CCc3ccccc32)c1. The highest BCUT2D eigenvalue weighted by atomic mass is 19.1. The van der Waals surface area contributed by atoms with Crippen molar-refractivity contribution in [3.63, 3.8) is 0 Å². The van der Waals surface area contributed by atoms with Crippen LogP contribution < -0.4 is 5.32 Å². The number of nitrogens with zero attached hydrogens (tertiary/aromatic N) is 1. The summed E-state index contributed by atoms with van der Waals surface area (Å²) in [6.45, 7) is 0.494. The Bertz CT molecular complexity index is 779. The van der Waals surface area contributed by atoms with Crippen molar-refractivity contribution < 1.29 is 9.18 Å². The summed E-state index contributed by atoms with van der Waals surface area (Å²) in [5.41, 5.74) is 2.95. The molecule has 116 valence electrons. The lowest BCUT2D eigenvalue weighted by molar-refractivity contribution is 0.0948. The maximum absolute atomic E-state index is 13.7. The molecule has 2 aromatic rings. The highest BCUT2D eigenvalue weighted by molar-refractivity contribution is 5.94. The summed E-state index contributed by atoms with van der Waals surface area (Å²) in [5, 5.41) is 11.6. The van der Waals surface area contributed by atoms with Gasteiger partial charge in [0, 0.05) is 6.54 Å². The zero-order valence-electron chi connectivity index (χ0n) is 12.7. The molecule has 0 spiro atoms. The molecule has 1 N–H and O–H groups in total. The largest absolute Gasteiger partial charge is 0.352 e. The zero-order chi connectivity index (χ0) is 16.2. The Kier molecular flexibility index (Phi) is 4.38. The number of amides is 1. The normalized spacial score (nSPS) is 15.7. The van der Waals surface area contributed by atoms with Crippen molar-refractivity contribution in [1.82, 2.24) is 5.32 Å². The third kappa shape index (κ3) is 3.24. The van der Waals surface area contributed by atoms with Gasteiger partial charge in [-0.2, -0.15) is 5.26 Å². The van der Waals surface area contributed by atoms with Crippen LogP contribution in [0.25, 0.3) is 0 Å². The molecule has 0 bridgehead atoms. The minimum Gasteiger partial charge on any atom is -0.352 e. The smallest absolute Gasteiger partial charge is 0.254 e. The summed E-state index contributed by atoms with van der Waals surface area (Å²) in [5.74, 6) is -0.625. The van der Waals surface area contributed by atoms with E-state index in [0.29, 0.717) is 12.5 Å². The average molecular weight is 308 g/mol. The van der Waals surface area contributed by atoms with Crippen molar-refractivity contribution in [2.45, 2.75) is 25.2 Å². The molecule has 23 heavy (non-hydrogen) atoms. The molecule has 1 atom stereocenters. The van der Waals surface area contributed by atoms with Crippen LogP contribution in [0.1, 0.15) is 45.8 Å². The molecule has 1 amide bonds. The van der Waals surface area contributed by atoms with Gasteiger partial charge in [-0.15, -0.1) is 0 Å². The van der Waals surface area contributed by atoms with Crippen LogP contribution in [0.4, 0.5) is 4.39 Å². The first-order valence-corrected chi connectivity index (χ1v) is 7.74. The van der Waals surface area contributed by atoms with Crippen molar-refractivity contribution in [3.05, 3.63) is 70.5 Å². The van der Waals surface area contributed by atoms with Gasteiger partial charge in [-0.25, -0.2) is 4.39 Å². The highest BCUT2D eigenvalue weighted by Gasteiger charge is 2.21. The number of fused-ring (bicyclic) bond motifs is 1. The Labute approximate surface area is 134 Å². The fraction of sp³-hybridized carbons (Fsp3) is 0.263. The molecule has 3 nitrogen and oxygen atoms in total. The van der Waals surface area contributed by atoms with Gasteiger partial charge in [-0.3, -0.25) is 4.79 Å². The minimum absolute atomic E-state index is 0.0733. The quantitative estimate of drug-likeness (QED) is 0.939. The first kappa shape index (κ1) is 15.2. The Hall–Kier alpha value is -2.67. The fourth-order valence-electron chi connectivity index (χ4n) is 3.17. The maximum Gasteiger partial charge on any atom is 0.254 e. The summed E-state index contributed by atoms with van der Waals surface area (Å²) in [4.78, 5) is 12.1. The van der Waals surface area contributed by atoms with Gasteiger partial charge < -0.3 is 5.32 Å². The molecular weight excluding hydrogens is 291 g/mol. The number of benzene rings is 2. The summed E-state index contributed by atoms with van der Waals surface area (Å²) < 4.78 is 13.7. The number of nitrogens with one attached hydrogen (secondary N) is 1. The predicted molar refractivity (Wildman–Crippen MR) is 85.6 cm³/mol. The first-order chi connectivity index (χ1) is 11.2. The van der Waals surface area contributed by atoms with Gasteiger partial charge in [-0.05, 0) is 54.5 Å². The fourth-order valence-corrected chi connectivity index (χ4v) is 3.17. The van der Waals surface area contributed by atoms with Crippen molar-refractivity contribution >= 4 is 5.91 Å². The molecule has 0 saturated carbocycles. The van der Waals surface area contributed by atoms with Crippen LogP contribution in [0, 0.1) is 17.1 Å². The van der Waals surface area contributed by atoms with E-state index in [0.717, 1.165) is 25.3 Å². The molecule has 0 aromatic heterocycles. The van der Waals surface area contributed by atoms with E-state index in [1.807, 2.05) is 18.2 Å². The summed E-state index contributed by atoms with van der Waals surface area (Å²) in [6.07, 6.45) is 3.00. The number of hydrogen-bond acceptors (Lipinski definition) is 2. The van der Waals surface area contributed by atoms with Crippen LogP contribution in [-0.2, 0) is 6.42 Å². The van der Waals surface area contributed by atoms with E-state index in [1.165, 1.54) is 23.3 Å². The molecule has 4 heteroatoms. The molecule has 2 aromatic carbocycles. The van der Waals surface area contributed by atoms with E-state index in [-0.39, 0.29) is 11.1 Å². The number of nitriles is 1. The highest BCUT2D eigenvalue weighted by Crippen LogP contribution is 2.34. The van der Waals surface area contributed by atoms with Crippen molar-refractivity contribution in [2.24, 2.45) is 0 Å². The minimum atomic E-state index is -0.604. The Balaban J connectivity index is 1.60. The second-order valence-electron chi connectivity index (χ2n) is 5.79. The molecule has 0 heterocycles. The average Bonchev–Trinajstić information content (AvgIpc) is 2.98. The van der Waals surface area contributed by atoms with Crippen LogP contribution in [-0.4, -0.2) is 12.5 Å². The molecular formula is C19H17FN2O. The Morgan fingerprint density at radius 1 is 1.30 bits per heavy atom. The number of rotatable bonds is 4. The summed E-state index contributed by atoms with van der Waals surface area (Å²) in [7, 11) is 0. The lowest BCUT2D eigenvalue weighted by atomic mass is 9.98. The van der Waals surface area contributed by atoms with E-state index in [4.69, 9.17) is 5.26 Å². The van der Waals surface area contributed by atoms with Crippen molar-refractivity contribution in [1.29, 1.82) is 5.26 Å². The lowest BCUT2D eigenvalue weighted by Crippen LogP contribution is -2.26. The van der Waals surface area contributed by atoms with Gasteiger partial charge >= 0.3 is 0 Å². The lowest BCUT2D eigenvalue weighted by Gasteiger charge is -2.12. The van der Waals surface area contributed by atoms with Crippen LogP contribution in [0.15, 0.2) is 42.5 Å². The zero-order valence-corrected chi connectivity index (χ0v) is 12.7. The van der Waals surface area contributed by atoms with Crippen LogP contribution >= 0.6 is 0 Å². The van der Waals surface area contributed by atoms with E-state index >= 15 is 0 Å². The number of aryl methyl sites for hydroxylation is 1. The predicted octanol–water partition coefficient (Wildman–Crippen LogP) is 3.55. The van der Waals surface area contributed by atoms with Gasteiger partial charge in [0.05, 0.1) is 17.2 Å². The molecule has 0 radical (unpaired) electrons. The van der Waals surface area contributed by atoms with Crippen LogP contribution in [0.3, 0.4) is 0 Å². The van der Waals surface area contributed by atoms with Gasteiger partial charge in [-0.1, -0.05) is 24.3 Å². The molecule has 1 aliphatic rings. The number of carbonyl (C=O) groups is 1. The van der Waals surface area contributed by atoms with Crippen molar-refractivity contribution in [3.8, 4) is 6.07 Å². The molecule has 1 aliphatic carbocycles. The van der Waals surface area contributed by atoms with E-state index in [9.17, 15) is 9.18 Å². The number of halogens is 1. The molecule has 0 fully saturated rings. The van der Waals surface area contributed by atoms with Gasteiger partial charge in [0.2, 0.25) is 0 Å². The summed E-state index contributed by atoms with van der Waals surface area (Å²) >= 11 is 0. The molecule has 0 aliphatic heterocycles. The summed E-state index contributed by atoms with van der Waals surface area (Å²) in [6, 6.07) is 14.1. The standard InChI is InChI=1S/C19H17FN2O/c20-18-8-5-13(12-21)11-17(18)19(23)22-10-9-15-7-6-14-3-1-2-4-16(14)15/h1-5,8,11,15H,6-7,9-10H2,(H,22,23). The van der Waals surface area contributed by atoms with Gasteiger partial charge in [0.1, 0.15) is 5.82 Å². The molecule has 0 saturated heterocycles. The van der Waals surface area contributed by atoms with Gasteiger partial charge in [0.15, 0.2) is 0 Å². The third-order valence-corrected chi connectivity index (χ3v) is 4.38.